The second kappa shape index (κ2) is 4.81. The van der Waals surface area contributed by atoms with Gasteiger partial charge in [-0.15, -0.1) is 10.2 Å². The molecule has 0 saturated carbocycles. The van der Waals surface area contributed by atoms with Crippen molar-refractivity contribution in [3.8, 4) is 0 Å². The van der Waals surface area contributed by atoms with E-state index in [1.54, 1.807) is 17.4 Å². The van der Waals surface area contributed by atoms with Crippen LogP contribution in [0.2, 0.25) is 0 Å². The van der Waals surface area contributed by atoms with Crippen molar-refractivity contribution in [2.24, 2.45) is 0 Å². The highest BCUT2D eigenvalue weighted by Gasteiger charge is 2.16. The maximum atomic E-state index is 12.8. The third-order valence-corrected chi connectivity index (χ3v) is 4.32. The Balaban J connectivity index is 1.99. The van der Waals surface area contributed by atoms with Crippen LogP contribution in [-0.2, 0) is 10.0 Å². The largest absolute Gasteiger partial charge is 0.285 e. The molecular weight excluding hydrogens is 295 g/mol. The van der Waals surface area contributed by atoms with Crippen molar-refractivity contribution in [3.63, 3.8) is 0 Å². The first-order valence-electron chi connectivity index (χ1n) is 6.05. The van der Waals surface area contributed by atoms with E-state index in [-0.39, 0.29) is 10.6 Å². The van der Waals surface area contributed by atoms with Gasteiger partial charge in [0.25, 0.3) is 10.0 Å². The Morgan fingerprint density at radius 1 is 1.10 bits per heavy atom. The number of hydrogen-bond donors (Lipinski definition) is 1. The number of benzene rings is 1. The maximum absolute atomic E-state index is 12.8. The zero-order valence-corrected chi connectivity index (χ0v) is 11.8. The fourth-order valence-corrected chi connectivity index (χ4v) is 2.93. The average molecular weight is 306 g/mol. The second-order valence-electron chi connectivity index (χ2n) is 4.45. The molecule has 3 rings (SSSR count). The number of nitrogens with zero attached hydrogens (tertiary/aromatic N) is 3. The Labute approximate surface area is 120 Å². The summed E-state index contributed by atoms with van der Waals surface area (Å²) in [6.45, 7) is 1.73. The van der Waals surface area contributed by atoms with Gasteiger partial charge in [-0.3, -0.25) is 9.12 Å². The van der Waals surface area contributed by atoms with Gasteiger partial charge in [0.05, 0.1) is 0 Å². The highest BCUT2D eigenvalue weighted by atomic mass is 32.2. The van der Waals surface area contributed by atoms with Gasteiger partial charge in [0.2, 0.25) is 0 Å². The van der Waals surface area contributed by atoms with Crippen LogP contribution in [0.15, 0.2) is 47.5 Å². The summed E-state index contributed by atoms with van der Waals surface area (Å²) >= 11 is 0. The molecule has 0 atom stereocenters. The Hall–Kier alpha value is -2.48. The maximum Gasteiger partial charge on any atom is 0.263 e. The molecule has 0 saturated heterocycles. The summed E-state index contributed by atoms with van der Waals surface area (Å²) in [6, 6.07) is 8.09. The summed E-state index contributed by atoms with van der Waals surface area (Å²) in [4.78, 5) is 0.0715. The monoisotopic (exact) mass is 306 g/mol. The van der Waals surface area contributed by atoms with Crippen molar-refractivity contribution < 1.29 is 12.8 Å². The van der Waals surface area contributed by atoms with Crippen LogP contribution in [0.1, 0.15) is 5.82 Å². The van der Waals surface area contributed by atoms with E-state index in [0.717, 1.165) is 0 Å². The number of hydrogen-bond acceptors (Lipinski definition) is 4. The first-order chi connectivity index (χ1) is 9.95. The predicted molar refractivity (Wildman–Crippen MR) is 74.9 cm³/mol. The van der Waals surface area contributed by atoms with E-state index >= 15 is 0 Å². The third-order valence-electron chi connectivity index (χ3n) is 2.95. The number of pyridine rings is 1. The number of nitrogens with one attached hydrogen (secondary N) is 1. The van der Waals surface area contributed by atoms with E-state index in [0.29, 0.717) is 11.5 Å². The summed E-state index contributed by atoms with van der Waals surface area (Å²) in [7, 11) is -3.76. The van der Waals surface area contributed by atoms with Crippen LogP contribution in [0.4, 0.5) is 10.1 Å². The summed E-state index contributed by atoms with van der Waals surface area (Å²) in [6.07, 6.45) is 1.44. The molecule has 0 fully saturated rings. The molecule has 0 aliphatic rings. The molecule has 2 heterocycles. The van der Waals surface area contributed by atoms with Crippen molar-refractivity contribution in [2.75, 3.05) is 4.72 Å². The molecule has 0 bridgehead atoms. The van der Waals surface area contributed by atoms with Crippen LogP contribution >= 0.6 is 0 Å². The van der Waals surface area contributed by atoms with Gasteiger partial charge in [0.15, 0.2) is 5.65 Å². The first-order valence-corrected chi connectivity index (χ1v) is 7.54. The van der Waals surface area contributed by atoms with Crippen molar-refractivity contribution in [1.29, 1.82) is 0 Å². The van der Waals surface area contributed by atoms with Crippen molar-refractivity contribution in [2.45, 2.75) is 11.8 Å². The first kappa shape index (κ1) is 13.5. The fraction of sp³-hybridized carbons (Fsp3) is 0.0769. The van der Waals surface area contributed by atoms with Crippen molar-refractivity contribution in [1.82, 2.24) is 14.6 Å². The molecule has 21 heavy (non-hydrogen) atoms. The molecule has 1 aromatic carbocycles. The molecule has 0 aliphatic carbocycles. The SMILES string of the molecule is Cc1nnc2ccc(S(=O)(=O)Nc3ccc(F)cc3)cn12. The van der Waals surface area contributed by atoms with Gasteiger partial charge in [0, 0.05) is 11.9 Å². The van der Waals surface area contributed by atoms with Gasteiger partial charge in [-0.25, -0.2) is 12.8 Å². The molecule has 6 nitrogen and oxygen atoms in total. The molecule has 8 heteroatoms. The molecular formula is C13H11FN4O2S. The number of fused-ring (bicyclic) bond motifs is 1. The Morgan fingerprint density at radius 3 is 2.52 bits per heavy atom. The van der Waals surface area contributed by atoms with Gasteiger partial charge in [-0.2, -0.15) is 0 Å². The topological polar surface area (TPSA) is 76.4 Å². The minimum atomic E-state index is -3.76. The van der Waals surface area contributed by atoms with E-state index < -0.39 is 15.8 Å². The molecule has 0 aliphatic heterocycles. The Kier molecular flexibility index (Phi) is 3.09. The van der Waals surface area contributed by atoms with Gasteiger partial charge >= 0.3 is 0 Å². The summed E-state index contributed by atoms with van der Waals surface area (Å²) < 4.78 is 41.4. The fourth-order valence-electron chi connectivity index (χ4n) is 1.88. The normalized spacial score (nSPS) is 11.7. The van der Waals surface area contributed by atoms with Crippen LogP contribution in [0.25, 0.3) is 5.65 Å². The average Bonchev–Trinajstić information content (AvgIpc) is 2.82. The van der Waals surface area contributed by atoms with Crippen molar-refractivity contribution in [3.05, 3.63) is 54.2 Å². The molecule has 3 aromatic rings. The number of sulfonamides is 1. The lowest BCUT2D eigenvalue weighted by Crippen LogP contribution is -2.13. The molecule has 0 spiro atoms. The van der Waals surface area contributed by atoms with Crippen LogP contribution in [0, 0.1) is 12.7 Å². The lowest BCUT2D eigenvalue weighted by molar-refractivity contribution is 0.600. The van der Waals surface area contributed by atoms with Gasteiger partial charge in [-0.1, -0.05) is 0 Å². The predicted octanol–water partition coefficient (Wildman–Crippen LogP) is 1.98. The molecule has 0 amide bonds. The second-order valence-corrected chi connectivity index (χ2v) is 6.14. The Morgan fingerprint density at radius 2 is 1.81 bits per heavy atom. The van der Waals surface area contributed by atoms with E-state index in [1.807, 2.05) is 0 Å². The number of anilines is 1. The summed E-state index contributed by atoms with van der Waals surface area (Å²) in [5, 5.41) is 7.76. The lowest BCUT2D eigenvalue weighted by Gasteiger charge is -2.08. The number of halogens is 1. The minimum Gasteiger partial charge on any atom is -0.285 e. The highest BCUT2D eigenvalue weighted by molar-refractivity contribution is 7.92. The van der Waals surface area contributed by atoms with Gasteiger partial charge < -0.3 is 0 Å². The standard InChI is InChI=1S/C13H11FN4O2S/c1-9-15-16-13-7-6-12(8-18(9)13)21(19,20)17-11-4-2-10(14)3-5-11/h2-8,17H,1H3. The summed E-state index contributed by atoms with van der Waals surface area (Å²) in [5.74, 6) is 0.156. The number of aryl methyl sites for hydroxylation is 1. The molecule has 2 aromatic heterocycles. The van der Waals surface area contributed by atoms with E-state index in [1.165, 1.54) is 36.5 Å². The van der Waals surface area contributed by atoms with Crippen LogP contribution in [-0.4, -0.2) is 23.0 Å². The zero-order chi connectivity index (χ0) is 15.0. The zero-order valence-electron chi connectivity index (χ0n) is 11.0. The Bertz CT molecular complexity index is 904. The molecule has 1 N–H and O–H groups in total. The van der Waals surface area contributed by atoms with E-state index in [2.05, 4.69) is 14.9 Å². The van der Waals surface area contributed by atoms with E-state index in [9.17, 15) is 12.8 Å². The minimum absolute atomic E-state index is 0.0715. The third kappa shape index (κ3) is 2.57. The molecule has 108 valence electrons. The van der Waals surface area contributed by atoms with Crippen LogP contribution in [0.3, 0.4) is 0 Å². The molecule has 0 unspecified atom stereocenters. The van der Waals surface area contributed by atoms with Gasteiger partial charge in [-0.05, 0) is 43.3 Å². The van der Waals surface area contributed by atoms with E-state index in [4.69, 9.17) is 0 Å². The smallest absolute Gasteiger partial charge is 0.263 e. The number of aromatic nitrogens is 3. The highest BCUT2D eigenvalue weighted by Crippen LogP contribution is 2.17. The summed E-state index contributed by atoms with van der Waals surface area (Å²) in [5.41, 5.74) is 0.852. The quantitative estimate of drug-likeness (QED) is 0.802. The van der Waals surface area contributed by atoms with Gasteiger partial charge in [0.1, 0.15) is 16.5 Å². The lowest BCUT2D eigenvalue weighted by atomic mass is 10.3. The van der Waals surface area contributed by atoms with Crippen LogP contribution < -0.4 is 4.72 Å². The molecule has 0 radical (unpaired) electrons. The number of rotatable bonds is 3. The van der Waals surface area contributed by atoms with Crippen LogP contribution in [0.5, 0.6) is 0 Å². The van der Waals surface area contributed by atoms with Crippen molar-refractivity contribution >= 4 is 21.4 Å².